The van der Waals surface area contributed by atoms with Crippen LogP contribution in [0.1, 0.15) is 45.7 Å². The van der Waals surface area contributed by atoms with Crippen LogP contribution in [-0.2, 0) is 0 Å². The first-order chi connectivity index (χ1) is 16.5. The highest BCUT2D eigenvalue weighted by Crippen LogP contribution is 2.32. The van der Waals surface area contributed by atoms with Crippen LogP contribution in [0, 0.1) is 6.92 Å². The summed E-state index contributed by atoms with van der Waals surface area (Å²) in [6.07, 6.45) is 2.51. The summed E-state index contributed by atoms with van der Waals surface area (Å²) >= 11 is 0. The Balaban J connectivity index is 1.22. The van der Waals surface area contributed by atoms with Crippen molar-refractivity contribution in [2.45, 2.75) is 32.3 Å². The second-order valence-corrected chi connectivity index (χ2v) is 9.56. The number of β-amino-alcohol motifs (C(OH)–C–C–N with tert-alkyl or cyclic N) is 1. The first-order valence-electron chi connectivity index (χ1n) is 12.3. The zero-order chi connectivity index (χ0) is 23.7. The van der Waals surface area contributed by atoms with Gasteiger partial charge in [-0.3, -0.25) is 19.4 Å². The van der Waals surface area contributed by atoms with Crippen LogP contribution < -0.4 is 9.80 Å². The molecular weight excluding hydrogens is 430 g/mol. The van der Waals surface area contributed by atoms with Crippen LogP contribution in [0.4, 0.5) is 11.5 Å². The average molecular weight is 464 g/mol. The molecule has 34 heavy (non-hydrogen) atoms. The molecule has 0 saturated carbocycles. The molecule has 1 unspecified atom stereocenters. The summed E-state index contributed by atoms with van der Waals surface area (Å²) in [6, 6.07) is 12.0. The van der Waals surface area contributed by atoms with Crippen LogP contribution in [0.15, 0.2) is 36.4 Å². The minimum Gasteiger partial charge on any atom is -0.390 e. The van der Waals surface area contributed by atoms with Gasteiger partial charge in [0.25, 0.3) is 11.8 Å². The highest BCUT2D eigenvalue weighted by atomic mass is 16.3. The second-order valence-electron chi connectivity index (χ2n) is 9.56. The molecular formula is C26H33N5O3. The number of anilines is 2. The van der Waals surface area contributed by atoms with E-state index in [-0.39, 0.29) is 18.4 Å². The molecule has 1 aromatic carbocycles. The summed E-state index contributed by atoms with van der Waals surface area (Å²) in [5.74, 6) is -0.0280. The molecule has 2 aromatic rings. The number of imide groups is 1. The van der Waals surface area contributed by atoms with E-state index in [1.165, 1.54) is 17.0 Å². The van der Waals surface area contributed by atoms with Gasteiger partial charge in [0.05, 0.1) is 23.8 Å². The Morgan fingerprint density at radius 2 is 1.59 bits per heavy atom. The number of carbonyl (C=O) groups is 2. The minimum absolute atomic E-state index is 0.00370. The molecule has 8 nitrogen and oxygen atoms in total. The van der Waals surface area contributed by atoms with Gasteiger partial charge in [0.1, 0.15) is 5.82 Å². The van der Waals surface area contributed by atoms with Gasteiger partial charge in [-0.25, -0.2) is 4.98 Å². The smallest absolute Gasteiger partial charge is 0.265 e. The molecule has 2 saturated heterocycles. The molecule has 3 aliphatic heterocycles. The fourth-order valence-corrected chi connectivity index (χ4v) is 5.30. The molecule has 0 spiro atoms. The highest BCUT2D eigenvalue weighted by Gasteiger charge is 2.40. The zero-order valence-electron chi connectivity index (χ0n) is 19.8. The Hall–Kier alpha value is -2.97. The average Bonchev–Trinajstić information content (AvgIpc) is 3.09. The molecule has 0 aliphatic carbocycles. The second kappa shape index (κ2) is 9.72. The number of aromatic nitrogens is 1. The Morgan fingerprint density at radius 1 is 0.882 bits per heavy atom. The number of para-hydroxylation sites is 1. The largest absolute Gasteiger partial charge is 0.390 e. The number of piperazine rings is 1. The van der Waals surface area contributed by atoms with E-state index >= 15 is 0 Å². The fraction of sp³-hybridized carbons (Fsp3) is 0.500. The number of benzene rings is 1. The van der Waals surface area contributed by atoms with Gasteiger partial charge in [0, 0.05) is 57.2 Å². The summed E-state index contributed by atoms with van der Waals surface area (Å²) in [6.45, 7) is 7.42. The molecule has 0 radical (unpaired) electrons. The molecule has 2 fully saturated rings. The summed E-state index contributed by atoms with van der Waals surface area (Å²) in [5.41, 5.74) is 2.77. The van der Waals surface area contributed by atoms with Gasteiger partial charge in [-0.2, -0.15) is 0 Å². The predicted octanol–water partition coefficient (Wildman–Crippen LogP) is 2.16. The SMILES string of the molecule is Cc1cc2c(c(N3CCCCC3)n1)C(=O)N(CC(O)CN1CCN(c3ccccc3)CC1)C2=O. The van der Waals surface area contributed by atoms with Crippen molar-refractivity contribution >= 4 is 23.3 Å². The van der Waals surface area contributed by atoms with E-state index in [4.69, 9.17) is 0 Å². The molecule has 1 N–H and O–H groups in total. The molecule has 2 amide bonds. The summed E-state index contributed by atoms with van der Waals surface area (Å²) < 4.78 is 0. The fourth-order valence-electron chi connectivity index (χ4n) is 5.30. The number of rotatable bonds is 6. The van der Waals surface area contributed by atoms with Crippen molar-refractivity contribution in [2.24, 2.45) is 0 Å². The maximum atomic E-state index is 13.3. The summed E-state index contributed by atoms with van der Waals surface area (Å²) in [4.78, 5) is 39.0. The first kappa shape index (κ1) is 22.8. The van der Waals surface area contributed by atoms with E-state index in [1.54, 1.807) is 6.07 Å². The normalized spacial score (nSPS) is 20.1. The van der Waals surface area contributed by atoms with Crippen molar-refractivity contribution in [1.82, 2.24) is 14.8 Å². The van der Waals surface area contributed by atoms with E-state index in [2.05, 4.69) is 31.8 Å². The van der Waals surface area contributed by atoms with Crippen molar-refractivity contribution in [3.63, 3.8) is 0 Å². The monoisotopic (exact) mass is 463 g/mol. The van der Waals surface area contributed by atoms with Crippen molar-refractivity contribution in [1.29, 1.82) is 0 Å². The number of pyridine rings is 1. The number of aliphatic hydroxyl groups is 1. The Morgan fingerprint density at radius 3 is 2.29 bits per heavy atom. The number of carbonyl (C=O) groups excluding carboxylic acids is 2. The van der Waals surface area contributed by atoms with Gasteiger partial charge in [-0.15, -0.1) is 0 Å². The molecule has 1 aromatic heterocycles. The van der Waals surface area contributed by atoms with Crippen molar-refractivity contribution in [3.8, 4) is 0 Å². The third-order valence-electron chi connectivity index (χ3n) is 7.07. The number of aliphatic hydroxyl groups excluding tert-OH is 1. The van der Waals surface area contributed by atoms with Crippen molar-refractivity contribution < 1.29 is 14.7 Å². The number of fused-ring (bicyclic) bond motifs is 1. The molecule has 5 rings (SSSR count). The van der Waals surface area contributed by atoms with Gasteiger partial charge in [-0.05, 0) is 44.4 Å². The van der Waals surface area contributed by atoms with Gasteiger partial charge in [0.2, 0.25) is 0 Å². The lowest BCUT2D eigenvalue weighted by atomic mass is 10.1. The number of hydrogen-bond acceptors (Lipinski definition) is 7. The predicted molar refractivity (Wildman–Crippen MR) is 132 cm³/mol. The van der Waals surface area contributed by atoms with Gasteiger partial charge in [-0.1, -0.05) is 18.2 Å². The van der Waals surface area contributed by atoms with Gasteiger partial charge >= 0.3 is 0 Å². The maximum absolute atomic E-state index is 13.3. The first-order valence-corrected chi connectivity index (χ1v) is 12.3. The lowest BCUT2D eigenvalue weighted by molar-refractivity contribution is 0.0469. The Bertz CT molecular complexity index is 1050. The van der Waals surface area contributed by atoms with Gasteiger partial charge in [0.15, 0.2) is 0 Å². The van der Waals surface area contributed by atoms with Crippen LogP contribution >= 0.6 is 0 Å². The summed E-state index contributed by atoms with van der Waals surface area (Å²) in [5, 5.41) is 10.8. The van der Waals surface area contributed by atoms with E-state index in [0.717, 1.165) is 57.8 Å². The maximum Gasteiger partial charge on any atom is 0.265 e. The minimum atomic E-state index is -0.794. The quantitative estimate of drug-likeness (QED) is 0.658. The number of hydrogen-bond donors (Lipinski definition) is 1. The number of piperidine rings is 1. The zero-order valence-corrected chi connectivity index (χ0v) is 19.8. The van der Waals surface area contributed by atoms with E-state index < -0.39 is 6.10 Å². The van der Waals surface area contributed by atoms with Crippen LogP contribution in [0.3, 0.4) is 0 Å². The van der Waals surface area contributed by atoms with Crippen LogP contribution in [0.5, 0.6) is 0 Å². The standard InChI is InChI=1S/C26H33N5O3/c1-19-16-22-23(24(27-19)30-10-6-3-7-11-30)26(34)31(25(22)33)18-21(32)17-28-12-14-29(15-13-28)20-8-4-2-5-9-20/h2,4-5,8-9,16,21,32H,3,6-7,10-15,17-18H2,1H3. The molecule has 3 aliphatic rings. The lowest BCUT2D eigenvalue weighted by Crippen LogP contribution is -2.50. The topological polar surface area (TPSA) is 80.2 Å². The van der Waals surface area contributed by atoms with Crippen LogP contribution in [-0.4, -0.2) is 90.2 Å². The number of aryl methyl sites for hydroxylation is 1. The van der Waals surface area contributed by atoms with E-state index in [0.29, 0.717) is 23.5 Å². The Kier molecular flexibility index (Phi) is 6.52. The molecule has 180 valence electrons. The number of amides is 2. The van der Waals surface area contributed by atoms with Gasteiger partial charge < -0.3 is 14.9 Å². The highest BCUT2D eigenvalue weighted by molar-refractivity contribution is 6.23. The number of nitrogens with zero attached hydrogens (tertiary/aromatic N) is 5. The molecule has 1 atom stereocenters. The van der Waals surface area contributed by atoms with E-state index in [9.17, 15) is 14.7 Å². The lowest BCUT2D eigenvalue weighted by Gasteiger charge is -2.37. The summed E-state index contributed by atoms with van der Waals surface area (Å²) in [7, 11) is 0. The van der Waals surface area contributed by atoms with E-state index in [1.807, 2.05) is 25.1 Å². The van der Waals surface area contributed by atoms with Crippen molar-refractivity contribution in [3.05, 3.63) is 53.2 Å². The Labute approximate surface area is 200 Å². The van der Waals surface area contributed by atoms with Crippen molar-refractivity contribution in [2.75, 3.05) is 62.2 Å². The van der Waals surface area contributed by atoms with Crippen LogP contribution in [0.25, 0.3) is 0 Å². The third kappa shape index (κ3) is 4.52. The molecule has 8 heteroatoms. The third-order valence-corrected chi connectivity index (χ3v) is 7.07. The van der Waals surface area contributed by atoms with Crippen LogP contribution in [0.2, 0.25) is 0 Å². The molecule has 4 heterocycles. The molecule has 0 bridgehead atoms.